The Morgan fingerprint density at radius 1 is 1.00 bits per heavy atom. The number of fused-ring (bicyclic) bond motifs is 1. The molecule has 0 aromatic rings. The molecule has 1 unspecified atom stereocenters. The zero-order valence-corrected chi connectivity index (χ0v) is 7.35. The summed E-state index contributed by atoms with van der Waals surface area (Å²) in [5.74, 6) is 3.36. The fraction of sp³-hybridized carbons (Fsp3) is 1.00. The molecule has 0 aromatic heterocycles. The van der Waals surface area contributed by atoms with Gasteiger partial charge in [-0.1, -0.05) is 27.2 Å². The predicted octanol–water partition coefficient (Wildman–Crippen LogP) is 3.08. The van der Waals surface area contributed by atoms with Gasteiger partial charge in [0.1, 0.15) is 0 Å². The van der Waals surface area contributed by atoms with E-state index in [2.05, 4.69) is 20.8 Å². The zero-order chi connectivity index (χ0) is 7.35. The molecule has 2 rings (SSSR count). The molecule has 3 atom stereocenters. The maximum Gasteiger partial charge on any atom is -0.0303 e. The Hall–Kier alpha value is 0. The van der Waals surface area contributed by atoms with E-state index in [1.54, 1.807) is 0 Å². The summed E-state index contributed by atoms with van der Waals surface area (Å²) in [5, 5.41) is 0. The molecular formula is C10H18. The van der Waals surface area contributed by atoms with Crippen molar-refractivity contribution in [3.05, 3.63) is 0 Å². The van der Waals surface area contributed by atoms with Crippen molar-refractivity contribution < 1.29 is 0 Å². The molecule has 58 valence electrons. The van der Waals surface area contributed by atoms with E-state index < -0.39 is 0 Å². The van der Waals surface area contributed by atoms with Crippen LogP contribution in [-0.2, 0) is 0 Å². The van der Waals surface area contributed by atoms with E-state index in [0.29, 0.717) is 5.41 Å². The molecule has 0 spiro atoms. The van der Waals surface area contributed by atoms with Crippen LogP contribution in [-0.4, -0.2) is 0 Å². The number of rotatable bonds is 0. The van der Waals surface area contributed by atoms with E-state index in [1.165, 1.54) is 19.3 Å². The maximum atomic E-state index is 2.40. The van der Waals surface area contributed by atoms with Gasteiger partial charge in [0.2, 0.25) is 0 Å². The summed E-state index contributed by atoms with van der Waals surface area (Å²) in [6.07, 6.45) is 4.58. The molecule has 0 saturated heterocycles. The molecule has 0 radical (unpaired) electrons. The van der Waals surface area contributed by atoms with Gasteiger partial charge in [-0.15, -0.1) is 0 Å². The second-order valence-corrected chi connectivity index (χ2v) is 5.15. The van der Waals surface area contributed by atoms with Crippen LogP contribution in [0.15, 0.2) is 0 Å². The maximum absolute atomic E-state index is 2.40. The Labute approximate surface area is 64.0 Å². The normalized spacial score (nSPS) is 45.3. The molecule has 2 saturated carbocycles. The Kier molecular flexibility index (Phi) is 1.19. The Morgan fingerprint density at radius 3 is 1.80 bits per heavy atom. The largest absolute Gasteiger partial charge is 0.0599 e. The molecule has 2 aliphatic carbocycles. The van der Waals surface area contributed by atoms with Crippen LogP contribution in [0.1, 0.15) is 40.0 Å². The highest BCUT2D eigenvalue weighted by Crippen LogP contribution is 2.64. The monoisotopic (exact) mass is 138 g/mol. The first-order chi connectivity index (χ1) is 4.61. The lowest BCUT2D eigenvalue weighted by Gasteiger charge is -2.20. The summed E-state index contributed by atoms with van der Waals surface area (Å²) in [5.41, 5.74) is 0.607. The molecule has 0 N–H and O–H groups in total. The lowest BCUT2D eigenvalue weighted by Crippen LogP contribution is -2.11. The van der Waals surface area contributed by atoms with Crippen molar-refractivity contribution in [2.75, 3.05) is 0 Å². The predicted molar refractivity (Wildman–Crippen MR) is 43.8 cm³/mol. The lowest BCUT2D eigenvalue weighted by atomic mass is 9.86. The average molecular weight is 138 g/mol. The third kappa shape index (κ3) is 0.810. The highest BCUT2D eigenvalue weighted by atomic mass is 14.6. The summed E-state index contributed by atoms with van der Waals surface area (Å²) in [7, 11) is 0. The summed E-state index contributed by atoms with van der Waals surface area (Å²) in [6.45, 7) is 7.20. The first kappa shape index (κ1) is 6.69. The van der Waals surface area contributed by atoms with Crippen LogP contribution in [0.2, 0.25) is 0 Å². The standard InChI is InChI=1S/C10H18/c1-10(2,3)9-7-5-4-6-8(7)9/h7-9H,4-6H2,1-3H3/t7-,8+,9?. The molecule has 0 heteroatoms. The SMILES string of the molecule is CC(C)(C)C1[C@H]2CCC[C@@H]12. The van der Waals surface area contributed by atoms with Crippen molar-refractivity contribution in [3.8, 4) is 0 Å². The van der Waals surface area contributed by atoms with Gasteiger partial charge in [-0.2, -0.15) is 0 Å². The fourth-order valence-electron chi connectivity index (χ4n) is 3.11. The van der Waals surface area contributed by atoms with Gasteiger partial charge in [-0.25, -0.2) is 0 Å². The summed E-state index contributed by atoms with van der Waals surface area (Å²) in [4.78, 5) is 0. The van der Waals surface area contributed by atoms with E-state index in [0.717, 1.165) is 17.8 Å². The molecule has 0 heterocycles. The summed E-state index contributed by atoms with van der Waals surface area (Å²) in [6, 6.07) is 0. The Balaban J connectivity index is 2.01. The summed E-state index contributed by atoms with van der Waals surface area (Å²) >= 11 is 0. The van der Waals surface area contributed by atoms with Gasteiger partial charge in [0.05, 0.1) is 0 Å². The number of hydrogen-bond donors (Lipinski definition) is 0. The molecule has 0 nitrogen and oxygen atoms in total. The van der Waals surface area contributed by atoms with Crippen molar-refractivity contribution in [1.82, 2.24) is 0 Å². The minimum absolute atomic E-state index is 0.607. The molecule has 0 aromatic carbocycles. The van der Waals surface area contributed by atoms with Gasteiger partial charge in [-0.3, -0.25) is 0 Å². The molecule has 0 amide bonds. The molecule has 0 bridgehead atoms. The smallest absolute Gasteiger partial charge is 0.0303 e. The lowest BCUT2D eigenvalue weighted by molar-refractivity contribution is 0.299. The van der Waals surface area contributed by atoms with Crippen LogP contribution in [0.5, 0.6) is 0 Å². The molecule has 2 aliphatic rings. The van der Waals surface area contributed by atoms with E-state index in [1.807, 2.05) is 0 Å². The molecular weight excluding hydrogens is 120 g/mol. The van der Waals surface area contributed by atoms with E-state index in [4.69, 9.17) is 0 Å². The fourth-order valence-corrected chi connectivity index (χ4v) is 3.11. The number of hydrogen-bond acceptors (Lipinski definition) is 0. The molecule has 2 fully saturated rings. The topological polar surface area (TPSA) is 0 Å². The van der Waals surface area contributed by atoms with Crippen molar-refractivity contribution in [1.29, 1.82) is 0 Å². The minimum atomic E-state index is 0.607. The van der Waals surface area contributed by atoms with E-state index in [-0.39, 0.29) is 0 Å². The van der Waals surface area contributed by atoms with Crippen molar-refractivity contribution in [3.63, 3.8) is 0 Å². The van der Waals surface area contributed by atoms with E-state index in [9.17, 15) is 0 Å². The van der Waals surface area contributed by atoms with Crippen LogP contribution in [0.3, 0.4) is 0 Å². The first-order valence-corrected chi connectivity index (χ1v) is 4.61. The van der Waals surface area contributed by atoms with Crippen LogP contribution in [0.4, 0.5) is 0 Å². The third-order valence-corrected chi connectivity index (χ3v) is 3.41. The quantitative estimate of drug-likeness (QED) is 0.482. The van der Waals surface area contributed by atoms with Gasteiger partial charge in [-0.05, 0) is 36.0 Å². The second-order valence-electron chi connectivity index (χ2n) is 5.15. The van der Waals surface area contributed by atoms with Crippen LogP contribution >= 0.6 is 0 Å². The molecule has 0 aliphatic heterocycles. The van der Waals surface area contributed by atoms with Gasteiger partial charge in [0.25, 0.3) is 0 Å². The van der Waals surface area contributed by atoms with Crippen molar-refractivity contribution in [2.45, 2.75) is 40.0 Å². The van der Waals surface area contributed by atoms with Crippen LogP contribution < -0.4 is 0 Å². The summed E-state index contributed by atoms with van der Waals surface area (Å²) < 4.78 is 0. The third-order valence-electron chi connectivity index (χ3n) is 3.41. The highest BCUT2D eigenvalue weighted by molar-refractivity contribution is 5.05. The van der Waals surface area contributed by atoms with Gasteiger partial charge in [0, 0.05) is 0 Å². The Bertz CT molecular complexity index is 131. The van der Waals surface area contributed by atoms with Crippen molar-refractivity contribution >= 4 is 0 Å². The zero-order valence-electron chi connectivity index (χ0n) is 7.35. The Morgan fingerprint density at radius 2 is 1.50 bits per heavy atom. The second kappa shape index (κ2) is 1.78. The van der Waals surface area contributed by atoms with Gasteiger partial charge < -0.3 is 0 Å². The van der Waals surface area contributed by atoms with Crippen LogP contribution in [0, 0.1) is 23.2 Å². The highest BCUT2D eigenvalue weighted by Gasteiger charge is 2.56. The van der Waals surface area contributed by atoms with Gasteiger partial charge >= 0.3 is 0 Å². The van der Waals surface area contributed by atoms with E-state index >= 15 is 0 Å². The van der Waals surface area contributed by atoms with Crippen LogP contribution in [0.25, 0.3) is 0 Å². The minimum Gasteiger partial charge on any atom is -0.0599 e. The van der Waals surface area contributed by atoms with Gasteiger partial charge in [0.15, 0.2) is 0 Å². The first-order valence-electron chi connectivity index (χ1n) is 4.61. The molecule has 10 heavy (non-hydrogen) atoms. The van der Waals surface area contributed by atoms with Crippen molar-refractivity contribution in [2.24, 2.45) is 23.2 Å². The average Bonchev–Trinajstić information content (AvgIpc) is 2.30.